The summed E-state index contributed by atoms with van der Waals surface area (Å²) < 4.78 is 10.7. The number of hydrogen-bond donors (Lipinski definition) is 2. The Hall–Kier alpha value is -1.26. The van der Waals surface area contributed by atoms with Crippen molar-refractivity contribution in [3.05, 3.63) is 23.8 Å². The monoisotopic (exact) mass is 251 g/mol. The maximum Gasteiger partial charge on any atom is 0.162 e. The molecule has 0 radical (unpaired) electrons. The number of phenolic OH excluding ortho intramolecular Hbond substituents is 1. The molecule has 1 fully saturated rings. The Kier molecular flexibility index (Phi) is 4.84. The fourth-order valence-electron chi connectivity index (χ4n) is 2.14. The molecule has 100 valence electrons. The van der Waals surface area contributed by atoms with E-state index >= 15 is 0 Å². The van der Waals surface area contributed by atoms with Crippen molar-refractivity contribution >= 4 is 0 Å². The smallest absolute Gasteiger partial charge is 0.162 e. The largest absolute Gasteiger partial charge is 0.504 e. The van der Waals surface area contributed by atoms with E-state index in [0.717, 1.165) is 31.6 Å². The molecule has 1 aromatic rings. The molecule has 4 heteroatoms. The lowest BCUT2D eigenvalue weighted by Gasteiger charge is -2.23. The van der Waals surface area contributed by atoms with Gasteiger partial charge in [-0.15, -0.1) is 0 Å². The molecule has 1 aliphatic rings. The molecule has 18 heavy (non-hydrogen) atoms. The fourth-order valence-corrected chi connectivity index (χ4v) is 2.14. The summed E-state index contributed by atoms with van der Waals surface area (Å²) in [6, 6.07) is 6.10. The second kappa shape index (κ2) is 6.61. The summed E-state index contributed by atoms with van der Waals surface area (Å²) in [5.74, 6) is 0.808. The molecule has 4 nitrogen and oxygen atoms in total. The van der Waals surface area contributed by atoms with Gasteiger partial charge in [0, 0.05) is 31.4 Å². The maximum absolute atomic E-state index is 10.1. The van der Waals surface area contributed by atoms with Gasteiger partial charge in [-0.05, 0) is 25.8 Å². The first-order valence-electron chi connectivity index (χ1n) is 6.56. The first-order chi connectivity index (χ1) is 8.81. The average molecular weight is 251 g/mol. The zero-order valence-corrected chi connectivity index (χ0v) is 10.8. The number of nitrogens with one attached hydrogen (secondary N) is 1. The Bertz CT molecular complexity index is 375. The van der Waals surface area contributed by atoms with E-state index in [-0.39, 0.29) is 5.75 Å². The minimum absolute atomic E-state index is 0.249. The van der Waals surface area contributed by atoms with Gasteiger partial charge in [-0.3, -0.25) is 0 Å². The minimum Gasteiger partial charge on any atom is -0.504 e. The van der Waals surface area contributed by atoms with Crippen molar-refractivity contribution in [2.75, 3.05) is 19.8 Å². The van der Waals surface area contributed by atoms with Gasteiger partial charge in [0.15, 0.2) is 11.5 Å². The number of aromatic hydroxyl groups is 1. The van der Waals surface area contributed by atoms with Crippen LogP contribution < -0.4 is 10.1 Å². The van der Waals surface area contributed by atoms with Crippen LogP contribution in [0.3, 0.4) is 0 Å². The zero-order chi connectivity index (χ0) is 12.8. The third kappa shape index (κ3) is 3.37. The minimum atomic E-state index is 0.249. The molecule has 1 saturated heterocycles. The van der Waals surface area contributed by atoms with Crippen molar-refractivity contribution in [1.29, 1.82) is 0 Å². The van der Waals surface area contributed by atoms with E-state index in [1.807, 2.05) is 19.1 Å². The lowest BCUT2D eigenvalue weighted by Crippen LogP contribution is -2.34. The van der Waals surface area contributed by atoms with Crippen LogP contribution in [0.2, 0.25) is 0 Å². The van der Waals surface area contributed by atoms with Gasteiger partial charge in [-0.2, -0.15) is 0 Å². The molecule has 0 atom stereocenters. The molecule has 0 aromatic heterocycles. The molecule has 0 saturated carbocycles. The highest BCUT2D eigenvalue weighted by atomic mass is 16.5. The van der Waals surface area contributed by atoms with Gasteiger partial charge in [0.25, 0.3) is 0 Å². The first kappa shape index (κ1) is 13.2. The van der Waals surface area contributed by atoms with Gasteiger partial charge in [0.1, 0.15) is 0 Å². The van der Waals surface area contributed by atoms with Crippen molar-refractivity contribution in [2.45, 2.75) is 32.4 Å². The Morgan fingerprint density at radius 3 is 2.89 bits per heavy atom. The molecule has 0 aliphatic carbocycles. The van der Waals surface area contributed by atoms with Gasteiger partial charge in [0.05, 0.1) is 6.61 Å². The molecule has 0 bridgehead atoms. The molecule has 0 amide bonds. The summed E-state index contributed by atoms with van der Waals surface area (Å²) in [5.41, 5.74) is 0.882. The summed E-state index contributed by atoms with van der Waals surface area (Å²) in [5, 5.41) is 13.5. The molecule has 1 heterocycles. The van der Waals surface area contributed by atoms with E-state index in [1.165, 1.54) is 0 Å². The molecule has 0 unspecified atom stereocenters. The van der Waals surface area contributed by atoms with Gasteiger partial charge in [0.2, 0.25) is 0 Å². The first-order valence-corrected chi connectivity index (χ1v) is 6.56. The van der Waals surface area contributed by atoms with E-state index in [0.29, 0.717) is 24.9 Å². The number of ether oxygens (including phenoxy) is 2. The molecule has 2 N–H and O–H groups in total. The summed E-state index contributed by atoms with van der Waals surface area (Å²) in [4.78, 5) is 0. The topological polar surface area (TPSA) is 50.7 Å². The standard InChI is InChI=1S/C14H21NO3/c1-2-18-13-5-3-4-11(14(13)16)10-15-12-6-8-17-9-7-12/h3-5,12,15-16H,2,6-10H2,1H3. The van der Waals surface area contributed by atoms with E-state index in [1.54, 1.807) is 6.07 Å². The van der Waals surface area contributed by atoms with Crippen LogP contribution in [0.25, 0.3) is 0 Å². The summed E-state index contributed by atoms with van der Waals surface area (Å²) in [7, 11) is 0. The second-order valence-electron chi connectivity index (χ2n) is 4.46. The molecule has 1 aromatic carbocycles. The van der Waals surface area contributed by atoms with E-state index in [2.05, 4.69) is 5.32 Å². The molecule has 2 rings (SSSR count). The van der Waals surface area contributed by atoms with Gasteiger partial charge >= 0.3 is 0 Å². The average Bonchev–Trinajstić information content (AvgIpc) is 2.41. The predicted octanol–water partition coefficient (Wildman–Crippen LogP) is 2.06. The van der Waals surface area contributed by atoms with Crippen LogP contribution in [0.4, 0.5) is 0 Å². The molecule has 1 aliphatic heterocycles. The summed E-state index contributed by atoms with van der Waals surface area (Å²) >= 11 is 0. The van der Waals surface area contributed by atoms with Crippen LogP contribution in [0.1, 0.15) is 25.3 Å². The van der Waals surface area contributed by atoms with Crippen LogP contribution in [0.15, 0.2) is 18.2 Å². The van der Waals surface area contributed by atoms with Crippen LogP contribution in [0.5, 0.6) is 11.5 Å². The van der Waals surface area contributed by atoms with Crippen molar-refractivity contribution in [2.24, 2.45) is 0 Å². The number of rotatable bonds is 5. The SMILES string of the molecule is CCOc1cccc(CNC2CCOCC2)c1O. The van der Waals surface area contributed by atoms with Crippen LogP contribution >= 0.6 is 0 Å². The normalized spacial score (nSPS) is 16.7. The molecule has 0 spiro atoms. The van der Waals surface area contributed by atoms with Crippen LogP contribution in [0, 0.1) is 0 Å². The lowest BCUT2D eigenvalue weighted by atomic mass is 10.1. The molecular weight excluding hydrogens is 230 g/mol. The zero-order valence-electron chi connectivity index (χ0n) is 10.8. The number of para-hydroxylation sites is 1. The van der Waals surface area contributed by atoms with Gasteiger partial charge in [-0.1, -0.05) is 12.1 Å². The Morgan fingerprint density at radius 2 is 2.17 bits per heavy atom. The van der Waals surface area contributed by atoms with E-state index < -0.39 is 0 Å². The van der Waals surface area contributed by atoms with Crippen molar-refractivity contribution in [3.8, 4) is 11.5 Å². The van der Waals surface area contributed by atoms with Crippen LogP contribution in [-0.2, 0) is 11.3 Å². The third-order valence-electron chi connectivity index (χ3n) is 3.18. The molecular formula is C14H21NO3. The highest BCUT2D eigenvalue weighted by Gasteiger charge is 2.14. The lowest BCUT2D eigenvalue weighted by molar-refractivity contribution is 0.0775. The highest BCUT2D eigenvalue weighted by Crippen LogP contribution is 2.29. The number of hydrogen-bond acceptors (Lipinski definition) is 4. The van der Waals surface area contributed by atoms with Gasteiger partial charge in [-0.25, -0.2) is 0 Å². The maximum atomic E-state index is 10.1. The van der Waals surface area contributed by atoms with E-state index in [4.69, 9.17) is 9.47 Å². The quantitative estimate of drug-likeness (QED) is 0.841. The highest BCUT2D eigenvalue weighted by molar-refractivity contribution is 5.45. The Morgan fingerprint density at radius 1 is 1.39 bits per heavy atom. The van der Waals surface area contributed by atoms with Crippen molar-refractivity contribution in [1.82, 2.24) is 5.32 Å². The third-order valence-corrected chi connectivity index (χ3v) is 3.18. The number of benzene rings is 1. The summed E-state index contributed by atoms with van der Waals surface area (Å²) in [6.07, 6.45) is 2.07. The summed E-state index contributed by atoms with van der Waals surface area (Å²) in [6.45, 7) is 4.78. The van der Waals surface area contributed by atoms with Crippen molar-refractivity contribution in [3.63, 3.8) is 0 Å². The number of phenols is 1. The Labute approximate surface area is 108 Å². The van der Waals surface area contributed by atoms with Gasteiger partial charge < -0.3 is 19.9 Å². The van der Waals surface area contributed by atoms with Crippen molar-refractivity contribution < 1.29 is 14.6 Å². The second-order valence-corrected chi connectivity index (χ2v) is 4.46. The fraction of sp³-hybridized carbons (Fsp3) is 0.571. The Balaban J connectivity index is 1.93. The van der Waals surface area contributed by atoms with E-state index in [9.17, 15) is 5.11 Å². The van der Waals surface area contributed by atoms with Crippen LogP contribution in [-0.4, -0.2) is 31.0 Å². The predicted molar refractivity (Wildman–Crippen MR) is 70.0 cm³/mol.